The van der Waals surface area contributed by atoms with Crippen LogP contribution in [0, 0.1) is 6.92 Å². The minimum Gasteiger partial charge on any atom is -0.395 e. The molecule has 88 valence electrons. The van der Waals surface area contributed by atoms with E-state index in [9.17, 15) is 4.79 Å². The Labute approximate surface area is 101 Å². The molecule has 0 saturated carbocycles. The highest BCUT2D eigenvalue weighted by atomic mass is 35.5. The van der Waals surface area contributed by atoms with Crippen molar-refractivity contribution in [2.24, 2.45) is 0 Å². The van der Waals surface area contributed by atoms with Gasteiger partial charge in [0.1, 0.15) is 0 Å². The van der Waals surface area contributed by atoms with Crippen LogP contribution in [0.3, 0.4) is 0 Å². The lowest BCUT2D eigenvalue weighted by molar-refractivity contribution is 0.0732. The van der Waals surface area contributed by atoms with Crippen LogP contribution in [0.2, 0.25) is 5.02 Å². The lowest BCUT2D eigenvalue weighted by Crippen LogP contribution is -2.33. The number of rotatable bonds is 4. The van der Waals surface area contributed by atoms with Crippen molar-refractivity contribution < 1.29 is 9.90 Å². The van der Waals surface area contributed by atoms with Gasteiger partial charge in [-0.2, -0.15) is 0 Å². The van der Waals surface area contributed by atoms with E-state index in [0.29, 0.717) is 23.7 Å². The molecule has 16 heavy (non-hydrogen) atoms. The Kier molecular flexibility index (Phi) is 4.77. The van der Waals surface area contributed by atoms with Crippen molar-refractivity contribution in [3.63, 3.8) is 0 Å². The van der Waals surface area contributed by atoms with Crippen molar-refractivity contribution in [3.8, 4) is 0 Å². The van der Waals surface area contributed by atoms with Gasteiger partial charge in [-0.05, 0) is 31.5 Å². The Morgan fingerprint density at radius 3 is 2.69 bits per heavy atom. The van der Waals surface area contributed by atoms with Crippen LogP contribution in [-0.2, 0) is 0 Å². The highest BCUT2D eigenvalue weighted by molar-refractivity contribution is 6.33. The summed E-state index contributed by atoms with van der Waals surface area (Å²) in [5.74, 6) is -0.137. The first-order valence-corrected chi connectivity index (χ1v) is 5.64. The van der Waals surface area contributed by atoms with E-state index in [0.717, 1.165) is 5.56 Å². The summed E-state index contributed by atoms with van der Waals surface area (Å²) in [5.41, 5.74) is 1.51. The van der Waals surface area contributed by atoms with Crippen molar-refractivity contribution in [1.82, 2.24) is 4.90 Å². The fraction of sp³-hybridized carbons (Fsp3) is 0.417. The van der Waals surface area contributed by atoms with Crippen molar-refractivity contribution in [3.05, 3.63) is 34.3 Å². The number of amides is 1. The second-order valence-corrected chi connectivity index (χ2v) is 4.00. The first-order chi connectivity index (χ1) is 7.60. The van der Waals surface area contributed by atoms with Gasteiger partial charge in [-0.3, -0.25) is 4.79 Å². The monoisotopic (exact) mass is 241 g/mol. The molecule has 1 rings (SSSR count). The van der Waals surface area contributed by atoms with Crippen LogP contribution in [0.5, 0.6) is 0 Å². The van der Waals surface area contributed by atoms with Crippen LogP contribution in [0.4, 0.5) is 0 Å². The number of aliphatic hydroxyl groups is 1. The summed E-state index contributed by atoms with van der Waals surface area (Å²) in [4.78, 5) is 13.6. The molecule has 0 unspecified atom stereocenters. The summed E-state index contributed by atoms with van der Waals surface area (Å²) in [6.07, 6.45) is 0. The molecule has 0 aliphatic rings. The Bertz CT molecular complexity index is 379. The first kappa shape index (κ1) is 13.0. The molecule has 1 N–H and O–H groups in total. The topological polar surface area (TPSA) is 40.5 Å². The number of halogens is 1. The standard InChI is InChI=1S/C12H16ClNO2/c1-3-14(6-7-15)12(16)10-5-4-9(2)8-11(10)13/h4-5,8,15H,3,6-7H2,1-2H3. The number of aryl methyl sites for hydroxylation is 1. The maximum absolute atomic E-state index is 12.0. The zero-order valence-corrected chi connectivity index (χ0v) is 10.3. The molecule has 0 aliphatic heterocycles. The third-order valence-electron chi connectivity index (χ3n) is 2.39. The third-order valence-corrected chi connectivity index (χ3v) is 2.71. The molecule has 1 aromatic rings. The van der Waals surface area contributed by atoms with Crippen molar-refractivity contribution in [1.29, 1.82) is 0 Å². The lowest BCUT2D eigenvalue weighted by Gasteiger charge is -2.20. The molecule has 0 bridgehead atoms. The van der Waals surface area contributed by atoms with Gasteiger partial charge in [0.05, 0.1) is 17.2 Å². The summed E-state index contributed by atoms with van der Waals surface area (Å²) >= 11 is 6.02. The molecule has 0 fully saturated rings. The largest absolute Gasteiger partial charge is 0.395 e. The Morgan fingerprint density at radius 1 is 1.50 bits per heavy atom. The molecule has 0 radical (unpaired) electrons. The highest BCUT2D eigenvalue weighted by Crippen LogP contribution is 2.19. The van der Waals surface area contributed by atoms with Crippen molar-refractivity contribution in [2.75, 3.05) is 19.7 Å². The van der Waals surface area contributed by atoms with Crippen LogP contribution in [-0.4, -0.2) is 35.6 Å². The summed E-state index contributed by atoms with van der Waals surface area (Å²) in [7, 11) is 0. The number of nitrogens with zero attached hydrogens (tertiary/aromatic N) is 1. The van der Waals surface area contributed by atoms with Gasteiger partial charge in [0, 0.05) is 13.1 Å². The van der Waals surface area contributed by atoms with E-state index in [1.807, 2.05) is 19.9 Å². The molecule has 0 atom stereocenters. The predicted molar refractivity (Wildman–Crippen MR) is 64.9 cm³/mol. The molecule has 3 nitrogen and oxygen atoms in total. The SMILES string of the molecule is CCN(CCO)C(=O)c1ccc(C)cc1Cl. The van der Waals surface area contributed by atoms with Crippen molar-refractivity contribution >= 4 is 17.5 Å². The van der Waals surface area contributed by atoms with Gasteiger partial charge in [-0.15, -0.1) is 0 Å². The maximum Gasteiger partial charge on any atom is 0.255 e. The molecule has 0 aromatic heterocycles. The Hall–Kier alpha value is -1.06. The van der Waals surface area contributed by atoms with Crippen LogP contribution in [0.25, 0.3) is 0 Å². The second kappa shape index (κ2) is 5.87. The van der Waals surface area contributed by atoms with Gasteiger partial charge in [0.25, 0.3) is 5.91 Å². The zero-order valence-electron chi connectivity index (χ0n) is 9.53. The summed E-state index contributed by atoms with van der Waals surface area (Å²) < 4.78 is 0. The van der Waals surface area contributed by atoms with Crippen LogP contribution in [0.15, 0.2) is 18.2 Å². The van der Waals surface area contributed by atoms with E-state index in [4.69, 9.17) is 16.7 Å². The van der Waals surface area contributed by atoms with Crippen molar-refractivity contribution in [2.45, 2.75) is 13.8 Å². The second-order valence-electron chi connectivity index (χ2n) is 3.59. The number of hydrogen-bond donors (Lipinski definition) is 1. The number of hydrogen-bond acceptors (Lipinski definition) is 2. The highest BCUT2D eigenvalue weighted by Gasteiger charge is 2.16. The number of carbonyl (C=O) groups is 1. The Balaban J connectivity index is 2.94. The van der Waals surface area contributed by atoms with E-state index in [1.54, 1.807) is 17.0 Å². The van der Waals surface area contributed by atoms with Gasteiger partial charge < -0.3 is 10.0 Å². The predicted octanol–water partition coefficient (Wildman–Crippen LogP) is 2.10. The van der Waals surface area contributed by atoms with E-state index in [2.05, 4.69) is 0 Å². The van der Waals surface area contributed by atoms with Gasteiger partial charge >= 0.3 is 0 Å². The number of likely N-dealkylation sites (N-methyl/N-ethyl adjacent to an activating group) is 1. The van der Waals surface area contributed by atoms with E-state index >= 15 is 0 Å². The van der Waals surface area contributed by atoms with Crippen LogP contribution in [0.1, 0.15) is 22.8 Å². The molecule has 1 aromatic carbocycles. The van der Waals surface area contributed by atoms with Crippen LogP contribution < -0.4 is 0 Å². The lowest BCUT2D eigenvalue weighted by atomic mass is 10.1. The number of aliphatic hydroxyl groups excluding tert-OH is 1. The fourth-order valence-electron chi connectivity index (χ4n) is 1.49. The Morgan fingerprint density at radius 2 is 2.19 bits per heavy atom. The van der Waals surface area contributed by atoms with Gasteiger partial charge in [0.2, 0.25) is 0 Å². The molecule has 0 heterocycles. The summed E-state index contributed by atoms with van der Waals surface area (Å²) in [5, 5.41) is 9.31. The molecule has 0 aliphatic carbocycles. The zero-order chi connectivity index (χ0) is 12.1. The number of benzene rings is 1. The molecule has 1 amide bonds. The van der Waals surface area contributed by atoms with Crippen LogP contribution >= 0.6 is 11.6 Å². The molecule has 0 spiro atoms. The minimum atomic E-state index is -0.137. The normalized spacial score (nSPS) is 10.2. The smallest absolute Gasteiger partial charge is 0.255 e. The quantitative estimate of drug-likeness (QED) is 0.877. The molecule has 4 heteroatoms. The van der Waals surface area contributed by atoms with Gasteiger partial charge in [0.15, 0.2) is 0 Å². The van der Waals surface area contributed by atoms with E-state index in [1.165, 1.54) is 0 Å². The average molecular weight is 242 g/mol. The average Bonchev–Trinajstić information content (AvgIpc) is 2.25. The number of carbonyl (C=O) groups excluding carboxylic acids is 1. The fourth-order valence-corrected chi connectivity index (χ4v) is 1.80. The molecule has 0 saturated heterocycles. The summed E-state index contributed by atoms with van der Waals surface area (Å²) in [6, 6.07) is 5.34. The van der Waals surface area contributed by atoms with E-state index in [-0.39, 0.29) is 12.5 Å². The molecular weight excluding hydrogens is 226 g/mol. The maximum atomic E-state index is 12.0. The first-order valence-electron chi connectivity index (χ1n) is 5.26. The van der Waals surface area contributed by atoms with Gasteiger partial charge in [-0.25, -0.2) is 0 Å². The van der Waals surface area contributed by atoms with Gasteiger partial charge in [-0.1, -0.05) is 17.7 Å². The minimum absolute atomic E-state index is 0.0386. The molecular formula is C12H16ClNO2. The summed E-state index contributed by atoms with van der Waals surface area (Å²) in [6.45, 7) is 4.65. The van der Waals surface area contributed by atoms with E-state index < -0.39 is 0 Å². The third kappa shape index (κ3) is 2.97.